The van der Waals surface area contributed by atoms with Crippen molar-refractivity contribution in [2.75, 3.05) is 0 Å². The Bertz CT molecular complexity index is 354. The van der Waals surface area contributed by atoms with Crippen molar-refractivity contribution in [3.63, 3.8) is 0 Å². The Hall–Kier alpha value is -1.31. The number of rotatable bonds is 4. The largest absolute Gasteiger partial charge is 0.507 e. The molecule has 0 aliphatic rings. The van der Waals surface area contributed by atoms with Gasteiger partial charge in [0.1, 0.15) is 12.0 Å². The topological polar surface area (TPSA) is 37.3 Å². The van der Waals surface area contributed by atoms with Gasteiger partial charge in [-0.05, 0) is 36.0 Å². The first-order valence-corrected chi connectivity index (χ1v) is 5.33. The first-order chi connectivity index (χ1) is 7.07. The van der Waals surface area contributed by atoms with Gasteiger partial charge in [0.2, 0.25) is 0 Å². The van der Waals surface area contributed by atoms with Crippen molar-refractivity contribution in [1.82, 2.24) is 0 Å². The van der Waals surface area contributed by atoms with E-state index in [1.165, 1.54) is 0 Å². The molecule has 82 valence electrons. The maximum atomic E-state index is 10.4. The number of aldehydes is 1. The Labute approximate surface area is 90.9 Å². The Kier molecular flexibility index (Phi) is 3.89. The highest BCUT2D eigenvalue weighted by Gasteiger charge is 2.12. The minimum atomic E-state index is 0.350. The molecule has 0 aromatic heterocycles. The first-order valence-electron chi connectivity index (χ1n) is 5.33. The van der Waals surface area contributed by atoms with Gasteiger partial charge in [-0.3, -0.25) is 0 Å². The van der Waals surface area contributed by atoms with Crippen LogP contribution in [0.2, 0.25) is 0 Å². The Morgan fingerprint density at radius 2 is 2.07 bits per heavy atom. The summed E-state index contributed by atoms with van der Waals surface area (Å²) in [6, 6.07) is 3.97. The SMILES string of the molecule is Cc1ccc(C(C)C)c(CCC=O)c1O. The molecule has 0 fully saturated rings. The summed E-state index contributed by atoms with van der Waals surface area (Å²) in [5.41, 5.74) is 2.94. The number of phenolic OH excluding ortho intramolecular Hbond substituents is 1. The third-order valence-electron chi connectivity index (χ3n) is 2.65. The van der Waals surface area contributed by atoms with E-state index in [2.05, 4.69) is 13.8 Å². The molecule has 0 saturated carbocycles. The second-order valence-corrected chi connectivity index (χ2v) is 4.16. The van der Waals surface area contributed by atoms with E-state index in [1.807, 2.05) is 19.1 Å². The van der Waals surface area contributed by atoms with E-state index in [0.29, 0.717) is 24.5 Å². The average molecular weight is 206 g/mol. The third-order valence-corrected chi connectivity index (χ3v) is 2.65. The summed E-state index contributed by atoms with van der Waals surface area (Å²) in [4.78, 5) is 10.4. The van der Waals surface area contributed by atoms with Gasteiger partial charge in [0.15, 0.2) is 0 Å². The molecule has 1 aromatic rings. The Balaban J connectivity index is 3.15. The number of hydrogen-bond acceptors (Lipinski definition) is 2. The fourth-order valence-corrected chi connectivity index (χ4v) is 1.78. The van der Waals surface area contributed by atoms with Gasteiger partial charge in [-0.15, -0.1) is 0 Å². The molecule has 0 radical (unpaired) electrons. The highest BCUT2D eigenvalue weighted by Crippen LogP contribution is 2.30. The van der Waals surface area contributed by atoms with Crippen molar-refractivity contribution in [3.05, 3.63) is 28.8 Å². The van der Waals surface area contributed by atoms with E-state index in [9.17, 15) is 9.90 Å². The van der Waals surface area contributed by atoms with Gasteiger partial charge in [0.05, 0.1) is 0 Å². The summed E-state index contributed by atoms with van der Waals surface area (Å²) in [6.07, 6.45) is 1.99. The maximum absolute atomic E-state index is 10.4. The van der Waals surface area contributed by atoms with E-state index in [1.54, 1.807) is 0 Å². The van der Waals surface area contributed by atoms with E-state index in [4.69, 9.17) is 0 Å². The van der Waals surface area contributed by atoms with Gasteiger partial charge in [0.25, 0.3) is 0 Å². The maximum Gasteiger partial charge on any atom is 0.121 e. The highest BCUT2D eigenvalue weighted by atomic mass is 16.3. The molecule has 0 unspecified atom stereocenters. The van der Waals surface area contributed by atoms with Crippen LogP contribution in [0.3, 0.4) is 0 Å². The lowest BCUT2D eigenvalue weighted by Gasteiger charge is -2.15. The molecule has 0 aliphatic carbocycles. The normalized spacial score (nSPS) is 10.7. The van der Waals surface area contributed by atoms with Crippen LogP contribution in [0.5, 0.6) is 5.75 Å². The quantitative estimate of drug-likeness (QED) is 0.769. The monoisotopic (exact) mass is 206 g/mol. The summed E-state index contributed by atoms with van der Waals surface area (Å²) in [6.45, 7) is 6.06. The lowest BCUT2D eigenvalue weighted by Crippen LogP contribution is -1.99. The van der Waals surface area contributed by atoms with Crippen LogP contribution in [0.25, 0.3) is 0 Å². The molecule has 0 heterocycles. The molecule has 0 aliphatic heterocycles. The molecule has 0 atom stereocenters. The van der Waals surface area contributed by atoms with Gasteiger partial charge >= 0.3 is 0 Å². The Morgan fingerprint density at radius 3 is 2.60 bits per heavy atom. The second kappa shape index (κ2) is 4.96. The zero-order chi connectivity index (χ0) is 11.4. The van der Waals surface area contributed by atoms with E-state index < -0.39 is 0 Å². The summed E-state index contributed by atoms with van der Waals surface area (Å²) >= 11 is 0. The smallest absolute Gasteiger partial charge is 0.121 e. The predicted octanol–water partition coefficient (Wildman–Crippen LogP) is 2.96. The van der Waals surface area contributed by atoms with Crippen LogP contribution in [0.15, 0.2) is 12.1 Å². The van der Waals surface area contributed by atoms with Crippen molar-refractivity contribution >= 4 is 6.29 Å². The van der Waals surface area contributed by atoms with Crippen molar-refractivity contribution in [2.45, 2.75) is 39.5 Å². The number of aromatic hydroxyl groups is 1. The highest BCUT2D eigenvalue weighted by molar-refractivity contribution is 5.53. The van der Waals surface area contributed by atoms with Crippen LogP contribution in [-0.4, -0.2) is 11.4 Å². The molecule has 1 aromatic carbocycles. The lowest BCUT2D eigenvalue weighted by atomic mass is 9.92. The standard InChI is InChI=1S/C13H18O2/c1-9(2)11-7-6-10(3)13(15)12(11)5-4-8-14/h6-9,15H,4-5H2,1-3H3. The molecule has 15 heavy (non-hydrogen) atoms. The molecule has 0 amide bonds. The molecule has 0 spiro atoms. The van der Waals surface area contributed by atoms with Crippen LogP contribution in [-0.2, 0) is 11.2 Å². The molecule has 2 heteroatoms. The molecular weight excluding hydrogens is 188 g/mol. The van der Waals surface area contributed by atoms with Gasteiger partial charge in [0, 0.05) is 6.42 Å². The Morgan fingerprint density at radius 1 is 1.40 bits per heavy atom. The van der Waals surface area contributed by atoms with Crippen LogP contribution in [0, 0.1) is 6.92 Å². The summed E-state index contributed by atoms with van der Waals surface area (Å²) in [5.74, 6) is 0.723. The van der Waals surface area contributed by atoms with Gasteiger partial charge in [-0.1, -0.05) is 26.0 Å². The zero-order valence-electron chi connectivity index (χ0n) is 9.58. The fraction of sp³-hybridized carbons (Fsp3) is 0.462. The molecule has 1 N–H and O–H groups in total. The predicted molar refractivity (Wildman–Crippen MR) is 61.3 cm³/mol. The molecule has 2 nitrogen and oxygen atoms in total. The van der Waals surface area contributed by atoms with Crippen molar-refractivity contribution in [3.8, 4) is 5.75 Å². The minimum Gasteiger partial charge on any atom is -0.507 e. The molecular formula is C13H18O2. The van der Waals surface area contributed by atoms with E-state index in [0.717, 1.165) is 23.0 Å². The number of phenols is 1. The summed E-state index contributed by atoms with van der Waals surface area (Å²) < 4.78 is 0. The van der Waals surface area contributed by atoms with Crippen LogP contribution in [0.4, 0.5) is 0 Å². The van der Waals surface area contributed by atoms with Gasteiger partial charge < -0.3 is 9.90 Å². The fourth-order valence-electron chi connectivity index (χ4n) is 1.78. The second-order valence-electron chi connectivity index (χ2n) is 4.16. The summed E-state index contributed by atoms with van der Waals surface area (Å²) in [7, 11) is 0. The lowest BCUT2D eigenvalue weighted by molar-refractivity contribution is -0.107. The first kappa shape index (κ1) is 11.8. The number of hydrogen-bond donors (Lipinski definition) is 1. The number of aryl methyl sites for hydroxylation is 1. The van der Waals surface area contributed by atoms with E-state index >= 15 is 0 Å². The molecule has 0 saturated heterocycles. The molecule has 0 bridgehead atoms. The number of carbonyl (C=O) groups is 1. The minimum absolute atomic E-state index is 0.350. The van der Waals surface area contributed by atoms with Crippen LogP contribution >= 0.6 is 0 Å². The van der Waals surface area contributed by atoms with Crippen molar-refractivity contribution in [2.24, 2.45) is 0 Å². The summed E-state index contributed by atoms with van der Waals surface area (Å²) in [5, 5.41) is 9.94. The van der Waals surface area contributed by atoms with Gasteiger partial charge in [-0.2, -0.15) is 0 Å². The van der Waals surface area contributed by atoms with Crippen molar-refractivity contribution < 1.29 is 9.90 Å². The van der Waals surface area contributed by atoms with Gasteiger partial charge in [-0.25, -0.2) is 0 Å². The zero-order valence-corrected chi connectivity index (χ0v) is 9.58. The third kappa shape index (κ3) is 2.58. The van der Waals surface area contributed by atoms with Crippen molar-refractivity contribution in [1.29, 1.82) is 0 Å². The van der Waals surface area contributed by atoms with Crippen LogP contribution in [0.1, 0.15) is 42.9 Å². The number of carbonyl (C=O) groups excluding carboxylic acids is 1. The average Bonchev–Trinajstić information content (AvgIpc) is 2.19. The molecule has 1 rings (SSSR count). The van der Waals surface area contributed by atoms with E-state index in [-0.39, 0.29) is 0 Å². The van der Waals surface area contributed by atoms with Crippen LogP contribution < -0.4 is 0 Å². The number of benzene rings is 1.